The molecule has 0 aromatic heterocycles. The van der Waals surface area contributed by atoms with Crippen LogP contribution in [0.1, 0.15) is 31.7 Å². The Bertz CT molecular complexity index is 575. The molecule has 120 valence electrons. The summed E-state index contributed by atoms with van der Waals surface area (Å²) in [5.74, 6) is -0.951. The van der Waals surface area contributed by atoms with E-state index in [1.807, 2.05) is 13.0 Å². The van der Waals surface area contributed by atoms with Crippen molar-refractivity contribution in [1.82, 2.24) is 5.32 Å². The van der Waals surface area contributed by atoms with Gasteiger partial charge in [-0.15, -0.1) is 0 Å². The molecule has 0 saturated heterocycles. The number of rotatable bonds is 5. The standard InChI is InChI=1S/C16H20ClNO4/c1-9-3-6-13(17)14(7-9)22-10(2)15(19)18-12-5-4-11(8-12)16(20)21/h3,6-7,10-12H,4-5,8H2,1-2H3,(H,18,19)(H,20,21)/t10?,11-,12+/m0/s1. The molecule has 1 saturated carbocycles. The first kappa shape index (κ1) is 16.6. The monoisotopic (exact) mass is 325 g/mol. The molecule has 1 unspecified atom stereocenters. The predicted molar refractivity (Wildman–Crippen MR) is 83.2 cm³/mol. The van der Waals surface area contributed by atoms with E-state index in [2.05, 4.69) is 5.32 Å². The fourth-order valence-electron chi connectivity index (χ4n) is 2.60. The first-order valence-corrected chi connectivity index (χ1v) is 7.70. The number of hydrogen-bond acceptors (Lipinski definition) is 3. The van der Waals surface area contributed by atoms with Crippen molar-refractivity contribution >= 4 is 23.5 Å². The van der Waals surface area contributed by atoms with Crippen molar-refractivity contribution in [2.24, 2.45) is 5.92 Å². The number of hydrogen-bond donors (Lipinski definition) is 2. The van der Waals surface area contributed by atoms with Crippen LogP contribution in [-0.4, -0.2) is 29.1 Å². The number of aliphatic carboxylic acids is 1. The number of carboxylic acid groups (broad SMARTS) is 1. The predicted octanol–water partition coefficient (Wildman–Crippen LogP) is 2.79. The Balaban J connectivity index is 1.90. The van der Waals surface area contributed by atoms with E-state index < -0.39 is 12.1 Å². The molecular formula is C16H20ClNO4. The van der Waals surface area contributed by atoms with Gasteiger partial charge in [-0.25, -0.2) is 0 Å². The van der Waals surface area contributed by atoms with Gasteiger partial charge >= 0.3 is 5.97 Å². The Morgan fingerprint density at radius 1 is 1.41 bits per heavy atom. The number of aryl methyl sites for hydroxylation is 1. The summed E-state index contributed by atoms with van der Waals surface area (Å²) in [5.41, 5.74) is 0.993. The van der Waals surface area contributed by atoms with Crippen LogP contribution in [0.3, 0.4) is 0 Å². The summed E-state index contributed by atoms with van der Waals surface area (Å²) < 4.78 is 5.61. The van der Waals surface area contributed by atoms with Crippen LogP contribution in [-0.2, 0) is 9.59 Å². The van der Waals surface area contributed by atoms with E-state index in [0.29, 0.717) is 30.0 Å². The molecule has 1 fully saturated rings. The van der Waals surface area contributed by atoms with Crippen LogP contribution in [0.2, 0.25) is 5.02 Å². The highest BCUT2D eigenvalue weighted by molar-refractivity contribution is 6.32. The van der Waals surface area contributed by atoms with E-state index >= 15 is 0 Å². The molecule has 1 aromatic rings. The minimum atomic E-state index is -0.799. The van der Waals surface area contributed by atoms with Gasteiger partial charge < -0.3 is 15.2 Å². The van der Waals surface area contributed by atoms with Crippen molar-refractivity contribution in [3.8, 4) is 5.75 Å². The zero-order valence-corrected chi connectivity index (χ0v) is 13.4. The molecule has 22 heavy (non-hydrogen) atoms. The first-order valence-electron chi connectivity index (χ1n) is 7.33. The highest BCUT2D eigenvalue weighted by atomic mass is 35.5. The van der Waals surface area contributed by atoms with Crippen LogP contribution in [0.5, 0.6) is 5.75 Å². The van der Waals surface area contributed by atoms with Gasteiger partial charge in [-0.05, 0) is 50.8 Å². The number of nitrogens with one attached hydrogen (secondary N) is 1. The van der Waals surface area contributed by atoms with Crippen molar-refractivity contribution in [2.75, 3.05) is 0 Å². The van der Waals surface area contributed by atoms with E-state index in [-0.39, 0.29) is 17.9 Å². The molecule has 0 bridgehead atoms. The fraction of sp³-hybridized carbons (Fsp3) is 0.500. The normalized spacial score (nSPS) is 22.1. The molecule has 1 aliphatic carbocycles. The molecule has 6 heteroatoms. The van der Waals surface area contributed by atoms with E-state index in [1.54, 1.807) is 19.1 Å². The fourth-order valence-corrected chi connectivity index (χ4v) is 2.76. The number of carboxylic acids is 1. The third kappa shape index (κ3) is 4.13. The van der Waals surface area contributed by atoms with Gasteiger partial charge in [-0.2, -0.15) is 0 Å². The largest absolute Gasteiger partial charge is 0.481 e. The number of carbonyl (C=O) groups excluding carboxylic acids is 1. The SMILES string of the molecule is Cc1ccc(Cl)c(OC(C)C(=O)N[C@@H]2CC[C@H](C(=O)O)C2)c1. The summed E-state index contributed by atoms with van der Waals surface area (Å²) in [6.45, 7) is 3.57. The average Bonchev–Trinajstić information content (AvgIpc) is 2.91. The Hall–Kier alpha value is -1.75. The second kappa shape index (κ2) is 7.01. The molecule has 2 N–H and O–H groups in total. The Morgan fingerprint density at radius 2 is 2.14 bits per heavy atom. The molecule has 0 heterocycles. The number of benzene rings is 1. The van der Waals surface area contributed by atoms with Gasteiger partial charge in [0, 0.05) is 6.04 Å². The molecule has 2 rings (SSSR count). The van der Waals surface area contributed by atoms with Crippen molar-refractivity contribution in [2.45, 2.75) is 45.3 Å². The number of amides is 1. The van der Waals surface area contributed by atoms with Crippen LogP contribution in [0.4, 0.5) is 0 Å². The minimum Gasteiger partial charge on any atom is -0.481 e. The Kier molecular flexibility index (Phi) is 5.29. The molecule has 5 nitrogen and oxygen atoms in total. The van der Waals surface area contributed by atoms with Gasteiger partial charge in [0.15, 0.2) is 6.10 Å². The number of ether oxygens (including phenoxy) is 1. The Labute approximate surface area is 134 Å². The lowest BCUT2D eigenvalue weighted by Crippen LogP contribution is -2.41. The summed E-state index contributed by atoms with van der Waals surface area (Å²) in [7, 11) is 0. The maximum absolute atomic E-state index is 12.1. The van der Waals surface area contributed by atoms with Gasteiger partial charge in [0.25, 0.3) is 5.91 Å². The molecule has 0 radical (unpaired) electrons. The van der Waals surface area contributed by atoms with Crippen LogP contribution in [0.25, 0.3) is 0 Å². The lowest BCUT2D eigenvalue weighted by Gasteiger charge is -2.19. The van der Waals surface area contributed by atoms with Crippen molar-refractivity contribution in [3.63, 3.8) is 0 Å². The topological polar surface area (TPSA) is 75.6 Å². The maximum Gasteiger partial charge on any atom is 0.306 e. The van der Waals surface area contributed by atoms with Crippen LogP contribution >= 0.6 is 11.6 Å². The van der Waals surface area contributed by atoms with Gasteiger partial charge in [0.2, 0.25) is 0 Å². The lowest BCUT2D eigenvalue weighted by atomic mass is 10.1. The van der Waals surface area contributed by atoms with Crippen molar-refractivity contribution < 1.29 is 19.4 Å². The molecule has 1 aromatic carbocycles. The average molecular weight is 326 g/mol. The summed E-state index contributed by atoms with van der Waals surface area (Å²) >= 11 is 6.05. The zero-order valence-electron chi connectivity index (χ0n) is 12.6. The molecule has 1 aliphatic rings. The van der Waals surface area contributed by atoms with E-state index in [4.69, 9.17) is 21.4 Å². The van der Waals surface area contributed by atoms with Gasteiger partial charge in [-0.3, -0.25) is 9.59 Å². The van der Waals surface area contributed by atoms with E-state index in [9.17, 15) is 9.59 Å². The smallest absolute Gasteiger partial charge is 0.306 e. The number of halogens is 1. The maximum atomic E-state index is 12.1. The number of carbonyl (C=O) groups is 2. The summed E-state index contributed by atoms with van der Waals surface area (Å²) in [6, 6.07) is 5.27. The highest BCUT2D eigenvalue weighted by Gasteiger charge is 2.31. The van der Waals surface area contributed by atoms with E-state index in [1.165, 1.54) is 0 Å². The third-order valence-corrected chi connectivity index (χ3v) is 4.20. The van der Waals surface area contributed by atoms with Crippen molar-refractivity contribution in [1.29, 1.82) is 0 Å². The first-order chi connectivity index (χ1) is 10.4. The summed E-state index contributed by atoms with van der Waals surface area (Å²) in [6.07, 6.45) is 1.06. The molecule has 3 atom stereocenters. The molecular weight excluding hydrogens is 306 g/mol. The second-order valence-electron chi connectivity index (χ2n) is 5.75. The zero-order chi connectivity index (χ0) is 16.3. The Morgan fingerprint density at radius 3 is 2.77 bits per heavy atom. The van der Waals surface area contributed by atoms with Crippen LogP contribution in [0.15, 0.2) is 18.2 Å². The van der Waals surface area contributed by atoms with Crippen LogP contribution < -0.4 is 10.1 Å². The second-order valence-corrected chi connectivity index (χ2v) is 6.15. The molecule has 0 aliphatic heterocycles. The minimum absolute atomic E-state index is 0.104. The van der Waals surface area contributed by atoms with Gasteiger partial charge in [-0.1, -0.05) is 17.7 Å². The molecule has 0 spiro atoms. The summed E-state index contributed by atoms with van der Waals surface area (Å²) in [5, 5.41) is 12.3. The quantitative estimate of drug-likeness (QED) is 0.873. The molecule has 1 amide bonds. The van der Waals surface area contributed by atoms with E-state index in [0.717, 1.165) is 5.56 Å². The lowest BCUT2D eigenvalue weighted by molar-refractivity contribution is -0.141. The van der Waals surface area contributed by atoms with Gasteiger partial charge in [0.05, 0.1) is 10.9 Å². The third-order valence-electron chi connectivity index (χ3n) is 3.89. The highest BCUT2D eigenvalue weighted by Crippen LogP contribution is 2.27. The van der Waals surface area contributed by atoms with Crippen molar-refractivity contribution in [3.05, 3.63) is 28.8 Å². The van der Waals surface area contributed by atoms with Crippen LogP contribution in [0, 0.1) is 12.8 Å². The summed E-state index contributed by atoms with van der Waals surface area (Å²) in [4.78, 5) is 23.1. The van der Waals surface area contributed by atoms with Gasteiger partial charge in [0.1, 0.15) is 5.75 Å².